The quantitative estimate of drug-likeness (QED) is 0.773. The maximum Gasteiger partial charge on any atom is 0.220 e. The van der Waals surface area contributed by atoms with Crippen LogP contribution >= 0.6 is 12.4 Å². The molecule has 0 saturated heterocycles. The molecule has 1 aliphatic carbocycles. The Bertz CT molecular complexity index is 593. The Morgan fingerprint density at radius 1 is 1.22 bits per heavy atom. The van der Waals surface area contributed by atoms with Crippen molar-refractivity contribution in [1.29, 1.82) is 0 Å². The number of carbonyl (C=O) groups is 1. The Morgan fingerprint density at radius 3 is 2.52 bits per heavy atom. The molecule has 1 saturated carbocycles. The highest BCUT2D eigenvalue weighted by Crippen LogP contribution is 2.26. The largest absolute Gasteiger partial charge is 0.355 e. The standard InChI is InChI=1S/C16H24N2O3S.ClH/c17-15-8-4-7-14(15)11-16(19)18-9-10-22(20,21)12-13-5-2-1-3-6-13;/h1-3,5-6,14-15H,4,7-12,17H2,(H,18,19);1H/t14-,15+;/m0./s1. The maximum atomic E-state index is 12.0. The van der Waals surface area contributed by atoms with Crippen molar-refractivity contribution in [3.63, 3.8) is 0 Å². The maximum absolute atomic E-state index is 12.0. The predicted molar refractivity (Wildman–Crippen MR) is 94.1 cm³/mol. The van der Waals surface area contributed by atoms with Crippen molar-refractivity contribution in [2.75, 3.05) is 12.3 Å². The molecule has 1 aliphatic rings. The molecular formula is C16H25ClN2O3S. The molecule has 1 aromatic rings. The lowest BCUT2D eigenvalue weighted by Gasteiger charge is -2.14. The van der Waals surface area contributed by atoms with Crippen molar-refractivity contribution in [3.8, 4) is 0 Å². The van der Waals surface area contributed by atoms with Crippen LogP contribution in [0.1, 0.15) is 31.2 Å². The number of hydrogen-bond donors (Lipinski definition) is 2. The normalized spacial score (nSPS) is 20.7. The Morgan fingerprint density at radius 2 is 1.91 bits per heavy atom. The van der Waals surface area contributed by atoms with Gasteiger partial charge >= 0.3 is 0 Å². The van der Waals surface area contributed by atoms with Gasteiger partial charge in [0, 0.05) is 19.0 Å². The molecule has 0 unspecified atom stereocenters. The van der Waals surface area contributed by atoms with Crippen LogP contribution in [0, 0.1) is 5.92 Å². The molecule has 0 bridgehead atoms. The average molecular weight is 361 g/mol. The molecule has 0 heterocycles. The molecule has 0 spiro atoms. The van der Waals surface area contributed by atoms with Crippen molar-refractivity contribution < 1.29 is 13.2 Å². The monoisotopic (exact) mass is 360 g/mol. The van der Waals surface area contributed by atoms with Crippen LogP contribution in [-0.2, 0) is 20.4 Å². The van der Waals surface area contributed by atoms with Crippen molar-refractivity contribution in [2.24, 2.45) is 11.7 Å². The van der Waals surface area contributed by atoms with Gasteiger partial charge in [0.25, 0.3) is 0 Å². The molecule has 1 aromatic carbocycles. The number of benzene rings is 1. The van der Waals surface area contributed by atoms with Crippen LogP contribution in [0.2, 0.25) is 0 Å². The minimum atomic E-state index is -3.21. The number of hydrogen-bond acceptors (Lipinski definition) is 4. The molecule has 5 nitrogen and oxygen atoms in total. The summed E-state index contributed by atoms with van der Waals surface area (Å²) in [5.74, 6) is 0.111. The SMILES string of the molecule is Cl.N[C@@H]1CCC[C@H]1CC(=O)NCCS(=O)(=O)Cc1ccccc1. The molecule has 1 fully saturated rings. The lowest BCUT2D eigenvalue weighted by molar-refractivity contribution is -0.121. The second-order valence-corrected chi connectivity index (χ2v) is 8.17. The number of rotatable bonds is 7. The summed E-state index contributed by atoms with van der Waals surface area (Å²) in [6.45, 7) is 0.163. The molecule has 0 radical (unpaired) electrons. The molecule has 23 heavy (non-hydrogen) atoms. The van der Waals surface area contributed by atoms with Crippen LogP contribution in [0.25, 0.3) is 0 Å². The van der Waals surface area contributed by atoms with E-state index in [4.69, 9.17) is 5.73 Å². The van der Waals surface area contributed by atoms with Gasteiger partial charge in [-0.3, -0.25) is 4.79 Å². The second-order valence-electron chi connectivity index (χ2n) is 5.99. The van der Waals surface area contributed by atoms with Crippen molar-refractivity contribution in [3.05, 3.63) is 35.9 Å². The first-order chi connectivity index (χ1) is 10.5. The van der Waals surface area contributed by atoms with Crippen LogP contribution < -0.4 is 11.1 Å². The van der Waals surface area contributed by atoms with Gasteiger partial charge in [-0.05, 0) is 24.3 Å². The summed E-state index contributed by atoms with van der Waals surface area (Å²) >= 11 is 0. The van der Waals surface area contributed by atoms with Gasteiger partial charge in [-0.2, -0.15) is 0 Å². The predicted octanol–water partition coefficient (Wildman–Crippen LogP) is 1.66. The van der Waals surface area contributed by atoms with E-state index in [0.29, 0.717) is 6.42 Å². The average Bonchev–Trinajstić information content (AvgIpc) is 2.84. The topological polar surface area (TPSA) is 89.3 Å². The zero-order valence-corrected chi connectivity index (χ0v) is 14.7. The molecule has 2 rings (SSSR count). The number of sulfone groups is 1. The highest BCUT2D eigenvalue weighted by atomic mass is 35.5. The van der Waals surface area contributed by atoms with Crippen LogP contribution in [-0.4, -0.2) is 32.7 Å². The van der Waals surface area contributed by atoms with Gasteiger partial charge in [-0.1, -0.05) is 36.8 Å². The Balaban J connectivity index is 0.00000264. The number of amides is 1. The van der Waals surface area contributed by atoms with Crippen molar-refractivity contribution in [2.45, 2.75) is 37.5 Å². The molecule has 1 amide bonds. The van der Waals surface area contributed by atoms with Gasteiger partial charge in [0.2, 0.25) is 5.91 Å². The smallest absolute Gasteiger partial charge is 0.220 e. The van der Waals surface area contributed by atoms with E-state index < -0.39 is 9.84 Å². The van der Waals surface area contributed by atoms with Gasteiger partial charge in [-0.25, -0.2) is 8.42 Å². The lowest BCUT2D eigenvalue weighted by atomic mass is 10.00. The van der Waals surface area contributed by atoms with E-state index >= 15 is 0 Å². The van der Waals surface area contributed by atoms with Gasteiger partial charge < -0.3 is 11.1 Å². The molecule has 0 aromatic heterocycles. The third-order valence-corrected chi connectivity index (χ3v) is 5.73. The van der Waals surface area contributed by atoms with Gasteiger partial charge in [0.05, 0.1) is 11.5 Å². The zero-order chi connectivity index (χ0) is 16.0. The molecule has 2 atom stereocenters. The van der Waals surface area contributed by atoms with E-state index in [1.165, 1.54) is 0 Å². The summed E-state index contributed by atoms with van der Waals surface area (Å²) in [4.78, 5) is 11.8. The first-order valence-corrected chi connectivity index (χ1v) is 9.55. The van der Waals surface area contributed by atoms with Crippen LogP contribution in [0.5, 0.6) is 0 Å². The lowest BCUT2D eigenvalue weighted by Crippen LogP contribution is -2.34. The first kappa shape index (κ1) is 19.9. The van der Waals surface area contributed by atoms with Crippen LogP contribution in [0.4, 0.5) is 0 Å². The molecular weight excluding hydrogens is 336 g/mol. The zero-order valence-electron chi connectivity index (χ0n) is 13.1. The van der Waals surface area contributed by atoms with E-state index in [1.807, 2.05) is 18.2 Å². The summed E-state index contributed by atoms with van der Waals surface area (Å²) in [5.41, 5.74) is 6.70. The van der Waals surface area contributed by atoms with E-state index in [0.717, 1.165) is 24.8 Å². The fraction of sp³-hybridized carbons (Fsp3) is 0.562. The summed E-state index contributed by atoms with van der Waals surface area (Å²) < 4.78 is 24.0. The summed E-state index contributed by atoms with van der Waals surface area (Å²) in [5, 5.41) is 2.70. The van der Waals surface area contributed by atoms with Gasteiger partial charge in [0.15, 0.2) is 9.84 Å². The summed E-state index contributed by atoms with van der Waals surface area (Å²) in [6.07, 6.45) is 3.44. The third-order valence-electron chi connectivity index (χ3n) is 4.13. The number of nitrogens with one attached hydrogen (secondary N) is 1. The molecule has 130 valence electrons. The van der Waals surface area contributed by atoms with E-state index in [9.17, 15) is 13.2 Å². The summed E-state index contributed by atoms with van der Waals surface area (Å²) in [7, 11) is -3.21. The molecule has 3 N–H and O–H groups in total. The first-order valence-electron chi connectivity index (χ1n) is 7.73. The Hall–Kier alpha value is -1.11. The highest BCUT2D eigenvalue weighted by molar-refractivity contribution is 7.90. The minimum Gasteiger partial charge on any atom is -0.355 e. The van der Waals surface area contributed by atoms with Crippen molar-refractivity contribution in [1.82, 2.24) is 5.32 Å². The second kappa shape index (κ2) is 9.25. The minimum absolute atomic E-state index is 0. The van der Waals surface area contributed by atoms with Gasteiger partial charge in [0.1, 0.15) is 0 Å². The molecule has 7 heteroatoms. The van der Waals surface area contributed by atoms with Crippen molar-refractivity contribution >= 4 is 28.2 Å². The Labute approximate surface area is 144 Å². The number of nitrogens with two attached hydrogens (primary N) is 1. The van der Waals surface area contributed by atoms with E-state index in [2.05, 4.69) is 5.32 Å². The molecule has 0 aliphatic heterocycles. The number of carbonyl (C=O) groups excluding carboxylic acids is 1. The fourth-order valence-corrected chi connectivity index (χ4v) is 4.13. The third kappa shape index (κ3) is 6.89. The highest BCUT2D eigenvalue weighted by Gasteiger charge is 2.26. The van der Waals surface area contributed by atoms with Crippen LogP contribution in [0.3, 0.4) is 0 Å². The van der Waals surface area contributed by atoms with Gasteiger partial charge in [-0.15, -0.1) is 12.4 Å². The van der Waals surface area contributed by atoms with E-state index in [1.54, 1.807) is 12.1 Å². The Kier molecular flexibility index (Phi) is 8.02. The fourth-order valence-electron chi connectivity index (χ4n) is 2.88. The van der Waals surface area contributed by atoms with Crippen LogP contribution in [0.15, 0.2) is 30.3 Å². The number of halogens is 1. The summed E-state index contributed by atoms with van der Waals surface area (Å²) in [6, 6.07) is 9.17. The van der Waals surface area contributed by atoms with E-state index in [-0.39, 0.29) is 48.3 Å².